The van der Waals surface area contributed by atoms with Crippen LogP contribution < -0.4 is 4.57 Å². The molecule has 0 saturated carbocycles. The van der Waals surface area contributed by atoms with Gasteiger partial charge in [-0.2, -0.15) is 0 Å². The zero-order valence-corrected chi connectivity index (χ0v) is 9.41. The van der Waals surface area contributed by atoms with Crippen molar-refractivity contribution >= 4 is 0 Å². The Kier molecular flexibility index (Phi) is 1.44. The Morgan fingerprint density at radius 3 is 2.50 bits per heavy atom. The third kappa shape index (κ3) is 1.73. The number of aryl methyl sites for hydroxylation is 3. The predicted molar refractivity (Wildman–Crippen MR) is 67.3 cm³/mol. The number of hydrogen-bond acceptors (Lipinski definition) is 0. The quantitative estimate of drug-likeness (QED) is 0.648. The fourth-order valence-corrected chi connectivity index (χ4v) is 1.82. The molecule has 0 saturated heterocycles. The first kappa shape index (κ1) is 5.62. The lowest BCUT2D eigenvalue weighted by molar-refractivity contribution is -0.660. The van der Waals surface area contributed by atoms with Crippen molar-refractivity contribution in [2.45, 2.75) is 20.6 Å². The monoisotopic (exact) mass is 218 g/mol. The zero-order chi connectivity index (χ0) is 16.7. The zero-order valence-electron chi connectivity index (χ0n) is 15.4. The normalized spacial score (nSPS) is 17.6. The molecule has 0 aliphatic carbocycles. The fraction of sp³-hybridized carbons (Fsp3) is 0.267. The van der Waals surface area contributed by atoms with Crippen LogP contribution in [0.5, 0.6) is 0 Å². The topological polar surface area (TPSA) is 3.88 Å². The molecule has 1 nitrogen and oxygen atoms in total. The lowest BCUT2D eigenvalue weighted by atomic mass is 9.95. The van der Waals surface area contributed by atoms with E-state index in [0.717, 1.165) is 0 Å². The van der Waals surface area contributed by atoms with Gasteiger partial charge in [0.15, 0.2) is 6.20 Å². The minimum absolute atomic E-state index is 0.166. The molecule has 0 amide bonds. The number of aromatic nitrogens is 1. The summed E-state index contributed by atoms with van der Waals surface area (Å²) in [4.78, 5) is 0. The van der Waals surface area contributed by atoms with E-state index in [-0.39, 0.29) is 11.1 Å². The summed E-state index contributed by atoms with van der Waals surface area (Å²) in [5.41, 5.74) is 1.98. The molecule has 0 radical (unpaired) electrons. The van der Waals surface area contributed by atoms with Crippen molar-refractivity contribution < 1.29 is 12.8 Å². The summed E-state index contributed by atoms with van der Waals surface area (Å²) in [5.74, 6) is 0. The van der Waals surface area contributed by atoms with E-state index in [4.69, 9.17) is 8.22 Å². The molecular formula is C15H18N+. The van der Waals surface area contributed by atoms with Gasteiger partial charge in [-0.1, -0.05) is 12.1 Å². The number of rotatable bonds is 1. The maximum Gasteiger partial charge on any atom is 0.212 e. The molecule has 0 aliphatic heterocycles. The van der Waals surface area contributed by atoms with Crippen molar-refractivity contribution in [1.82, 2.24) is 0 Å². The Labute approximate surface area is 106 Å². The van der Waals surface area contributed by atoms with Gasteiger partial charge in [-0.05, 0) is 43.4 Å². The van der Waals surface area contributed by atoms with Crippen LogP contribution in [0.3, 0.4) is 0 Å². The van der Waals surface area contributed by atoms with Gasteiger partial charge >= 0.3 is 0 Å². The summed E-state index contributed by atoms with van der Waals surface area (Å²) in [6.07, 6.45) is 1.81. The van der Waals surface area contributed by atoms with E-state index in [1.54, 1.807) is 36.9 Å². The highest BCUT2D eigenvalue weighted by molar-refractivity contribution is 5.66. The molecule has 0 bridgehead atoms. The van der Waals surface area contributed by atoms with Crippen LogP contribution in [0.25, 0.3) is 11.3 Å². The van der Waals surface area contributed by atoms with E-state index < -0.39 is 13.7 Å². The van der Waals surface area contributed by atoms with Crippen molar-refractivity contribution in [2.75, 3.05) is 0 Å². The highest BCUT2D eigenvalue weighted by Gasteiger charge is 2.14. The first-order chi connectivity index (χ1) is 10.0. The van der Waals surface area contributed by atoms with Gasteiger partial charge in [-0.15, -0.1) is 0 Å². The van der Waals surface area contributed by atoms with Crippen molar-refractivity contribution in [3.8, 4) is 11.3 Å². The van der Waals surface area contributed by atoms with Crippen molar-refractivity contribution in [3.05, 3.63) is 53.2 Å². The smallest absolute Gasteiger partial charge is 0.201 e. The molecule has 0 aliphatic rings. The average molecular weight is 218 g/mol. The Balaban J connectivity index is 2.87. The maximum atomic E-state index is 7.74. The van der Waals surface area contributed by atoms with Crippen LogP contribution in [0.1, 0.15) is 24.9 Å². The largest absolute Gasteiger partial charge is 0.212 e. The van der Waals surface area contributed by atoms with E-state index in [2.05, 4.69) is 0 Å². The van der Waals surface area contributed by atoms with Gasteiger partial charge in [-0.3, -0.25) is 0 Å². The molecule has 0 atom stereocenters. The van der Waals surface area contributed by atoms with Crippen molar-refractivity contribution in [2.24, 2.45) is 7.05 Å². The Hall–Kier alpha value is -1.63. The van der Waals surface area contributed by atoms with Crippen LogP contribution in [-0.2, 0) is 7.05 Å². The van der Waals surface area contributed by atoms with Gasteiger partial charge in [-0.25, -0.2) is 4.57 Å². The molecule has 2 aromatic rings. The van der Waals surface area contributed by atoms with Crippen LogP contribution in [0.15, 0.2) is 36.5 Å². The molecule has 2 rings (SSSR count). The van der Waals surface area contributed by atoms with Gasteiger partial charge < -0.3 is 0 Å². The Morgan fingerprint density at radius 2 is 1.81 bits per heavy atom. The SMILES string of the molecule is [2H]C([2H])([2H])c1ccc(C([2H])([2H])[2H])c(-c2cccc[n+]2C)c1C. The highest BCUT2D eigenvalue weighted by atomic mass is 14.9. The van der Waals surface area contributed by atoms with Crippen LogP contribution in [0.2, 0.25) is 0 Å². The molecule has 1 heteroatoms. The summed E-state index contributed by atoms with van der Waals surface area (Å²) in [7, 11) is 1.81. The van der Waals surface area contributed by atoms with Crippen molar-refractivity contribution in [3.63, 3.8) is 0 Å². The second-order valence-corrected chi connectivity index (χ2v) is 3.86. The molecule has 16 heavy (non-hydrogen) atoms. The van der Waals surface area contributed by atoms with Crippen LogP contribution in [0.4, 0.5) is 0 Å². The molecule has 0 spiro atoms. The molecule has 1 aromatic carbocycles. The molecule has 1 heterocycles. The number of pyridine rings is 1. The maximum absolute atomic E-state index is 7.74. The number of benzene rings is 1. The molecule has 0 unspecified atom stereocenters. The first-order valence-corrected chi connectivity index (χ1v) is 5.13. The summed E-state index contributed by atoms with van der Waals surface area (Å²) in [6, 6.07) is 8.24. The third-order valence-electron chi connectivity index (χ3n) is 2.78. The lowest BCUT2D eigenvalue weighted by Gasteiger charge is -2.10. The van der Waals surface area contributed by atoms with E-state index in [0.29, 0.717) is 16.8 Å². The summed E-state index contributed by atoms with van der Waals surface area (Å²) in [5, 5.41) is 0. The fourth-order valence-electron chi connectivity index (χ4n) is 1.82. The molecule has 82 valence electrons. The minimum Gasteiger partial charge on any atom is -0.201 e. The highest BCUT2D eigenvalue weighted by Crippen LogP contribution is 2.26. The van der Waals surface area contributed by atoms with E-state index in [1.807, 2.05) is 6.07 Å². The Bertz CT molecular complexity index is 700. The van der Waals surface area contributed by atoms with E-state index >= 15 is 0 Å². The van der Waals surface area contributed by atoms with Gasteiger partial charge in [0.25, 0.3) is 0 Å². The van der Waals surface area contributed by atoms with Gasteiger partial charge in [0.2, 0.25) is 5.69 Å². The van der Waals surface area contributed by atoms with Crippen LogP contribution in [-0.4, -0.2) is 0 Å². The molecule has 1 aromatic heterocycles. The van der Waals surface area contributed by atoms with E-state index in [9.17, 15) is 0 Å². The minimum atomic E-state index is -2.31. The van der Waals surface area contributed by atoms with Crippen LogP contribution in [0, 0.1) is 20.6 Å². The molecule has 0 N–H and O–H groups in total. The summed E-state index contributed by atoms with van der Waals surface area (Å²) < 4.78 is 47.9. The van der Waals surface area contributed by atoms with Crippen LogP contribution >= 0.6 is 0 Å². The molecular weight excluding hydrogens is 194 g/mol. The number of nitrogens with zero attached hydrogens (tertiary/aromatic N) is 1. The average Bonchev–Trinajstić information content (AvgIpc) is 2.37. The standard InChI is InChI=1S/C15H18N/c1-11-8-9-12(2)15(13(11)3)14-7-5-6-10-16(14)4/h5-10H,1-4H3/q+1/i1D3,2D3. The van der Waals surface area contributed by atoms with Crippen molar-refractivity contribution in [1.29, 1.82) is 0 Å². The van der Waals surface area contributed by atoms with Gasteiger partial charge in [0.1, 0.15) is 7.05 Å². The predicted octanol–water partition coefficient (Wildman–Crippen LogP) is 3.10. The summed E-state index contributed by atoms with van der Waals surface area (Å²) in [6.45, 7) is -2.92. The second-order valence-electron chi connectivity index (χ2n) is 3.86. The third-order valence-corrected chi connectivity index (χ3v) is 2.78. The second kappa shape index (κ2) is 4.09. The lowest BCUT2D eigenvalue weighted by Crippen LogP contribution is -2.30. The number of hydrogen-bond donors (Lipinski definition) is 0. The first-order valence-electron chi connectivity index (χ1n) is 8.13. The van der Waals surface area contributed by atoms with E-state index in [1.165, 1.54) is 12.1 Å². The van der Waals surface area contributed by atoms with Gasteiger partial charge in [0.05, 0.1) is 5.56 Å². The Morgan fingerprint density at radius 1 is 1.06 bits per heavy atom. The molecule has 0 fully saturated rings. The summed E-state index contributed by atoms with van der Waals surface area (Å²) >= 11 is 0. The van der Waals surface area contributed by atoms with Gasteiger partial charge in [0, 0.05) is 20.4 Å².